The smallest absolute Gasteiger partial charge is 0.409 e. The molecule has 0 saturated carbocycles. The number of anilines is 2. The first-order chi connectivity index (χ1) is 14.2. The molecule has 7 nitrogen and oxygen atoms in total. The predicted octanol–water partition coefficient (Wildman–Crippen LogP) is 5.80. The van der Waals surface area contributed by atoms with Crippen LogP contribution >= 0.6 is 23.2 Å². The van der Waals surface area contributed by atoms with Crippen LogP contribution in [0.15, 0.2) is 48.8 Å². The number of carbonyl (C=O) groups excluding carboxylic acids is 1. The molecule has 3 N–H and O–H groups in total. The van der Waals surface area contributed by atoms with Crippen LogP contribution in [-0.4, -0.2) is 22.1 Å². The fourth-order valence-corrected chi connectivity index (χ4v) is 2.69. The number of rotatable bonds is 5. The fraction of sp³-hybridized carbons (Fsp3) is 0. The molecule has 0 aliphatic carbocycles. The minimum Gasteiger partial charge on any atom is -0.465 e. The van der Waals surface area contributed by atoms with Gasteiger partial charge in [0.1, 0.15) is 17.1 Å². The van der Waals surface area contributed by atoms with E-state index in [1.807, 2.05) is 5.32 Å². The van der Waals surface area contributed by atoms with Crippen LogP contribution in [0.25, 0.3) is 0 Å². The van der Waals surface area contributed by atoms with Crippen molar-refractivity contribution in [3.63, 3.8) is 0 Å². The van der Waals surface area contributed by atoms with E-state index in [0.717, 1.165) is 0 Å². The number of benzene rings is 2. The Labute approximate surface area is 178 Å². The zero-order chi connectivity index (χ0) is 21.8. The molecule has 0 aliphatic heterocycles. The number of hydrogen-bond donors (Lipinski definition) is 3. The lowest BCUT2D eigenvalue weighted by Crippen LogP contribution is -2.17. The Bertz CT molecular complexity index is 1140. The third-order valence-electron chi connectivity index (χ3n) is 3.69. The van der Waals surface area contributed by atoms with Gasteiger partial charge < -0.3 is 15.2 Å². The van der Waals surface area contributed by atoms with E-state index < -0.39 is 23.6 Å². The summed E-state index contributed by atoms with van der Waals surface area (Å²) in [7, 11) is 0. The number of hydrogen-bond acceptors (Lipinski definition) is 4. The van der Waals surface area contributed by atoms with Crippen LogP contribution in [0.5, 0.6) is 11.5 Å². The minimum atomic E-state index is -1.53. The Hall–Kier alpha value is -3.43. The van der Waals surface area contributed by atoms with Crippen LogP contribution in [0.2, 0.25) is 10.0 Å². The number of halogens is 4. The molecule has 154 valence electrons. The van der Waals surface area contributed by atoms with Gasteiger partial charge in [0.15, 0.2) is 11.6 Å². The third kappa shape index (κ3) is 4.94. The van der Waals surface area contributed by atoms with Gasteiger partial charge in [-0.05, 0) is 18.2 Å². The Morgan fingerprint density at radius 1 is 0.967 bits per heavy atom. The van der Waals surface area contributed by atoms with Crippen molar-refractivity contribution >= 4 is 46.6 Å². The van der Waals surface area contributed by atoms with Crippen LogP contribution in [0.3, 0.4) is 0 Å². The molecule has 2 aromatic carbocycles. The second-order valence-corrected chi connectivity index (χ2v) is 6.59. The molecule has 0 aliphatic rings. The average molecular weight is 454 g/mol. The van der Waals surface area contributed by atoms with Gasteiger partial charge in [0.05, 0.1) is 16.4 Å². The number of nitrogens with zero attached hydrogens (tertiary/aromatic N) is 1. The summed E-state index contributed by atoms with van der Waals surface area (Å²) in [4.78, 5) is 27.5. The van der Waals surface area contributed by atoms with Crippen molar-refractivity contribution in [3.8, 4) is 11.5 Å². The topological polar surface area (TPSA) is 101 Å². The quantitative estimate of drug-likeness (QED) is 0.453. The second kappa shape index (κ2) is 8.93. The second-order valence-electron chi connectivity index (χ2n) is 5.74. The van der Waals surface area contributed by atoms with E-state index in [9.17, 15) is 18.4 Å². The van der Waals surface area contributed by atoms with Crippen molar-refractivity contribution in [3.05, 3.63) is 76.0 Å². The summed E-state index contributed by atoms with van der Waals surface area (Å²) in [6, 6.07) is 7.13. The van der Waals surface area contributed by atoms with E-state index in [1.54, 1.807) is 6.07 Å². The van der Waals surface area contributed by atoms with Crippen molar-refractivity contribution in [2.75, 3.05) is 10.6 Å². The van der Waals surface area contributed by atoms with E-state index in [-0.39, 0.29) is 33.5 Å². The molecular formula is C19H11Cl2F2N3O4. The van der Waals surface area contributed by atoms with Gasteiger partial charge >= 0.3 is 6.09 Å². The monoisotopic (exact) mass is 453 g/mol. The maximum absolute atomic E-state index is 13.6. The van der Waals surface area contributed by atoms with Crippen molar-refractivity contribution in [1.82, 2.24) is 4.98 Å². The number of carbonyl (C=O) groups is 2. The first-order valence-corrected chi connectivity index (χ1v) is 8.87. The fourth-order valence-electron chi connectivity index (χ4n) is 2.37. The Morgan fingerprint density at radius 3 is 2.30 bits per heavy atom. The SMILES string of the molecule is O=C(O)Nc1cc(F)c(F)cc1NC(=O)c1cnccc1Oc1cc(Cl)ccc1Cl. The van der Waals surface area contributed by atoms with Crippen molar-refractivity contribution in [2.24, 2.45) is 0 Å². The summed E-state index contributed by atoms with van der Waals surface area (Å²) in [6.45, 7) is 0. The maximum atomic E-state index is 13.6. The van der Waals surface area contributed by atoms with E-state index in [2.05, 4.69) is 10.3 Å². The Morgan fingerprint density at radius 2 is 1.63 bits per heavy atom. The molecule has 0 unspecified atom stereocenters. The maximum Gasteiger partial charge on any atom is 0.409 e. The van der Waals surface area contributed by atoms with Crippen LogP contribution < -0.4 is 15.4 Å². The highest BCUT2D eigenvalue weighted by Crippen LogP contribution is 2.34. The van der Waals surface area contributed by atoms with Gasteiger partial charge in [-0.2, -0.15) is 0 Å². The molecule has 3 rings (SSSR count). The molecule has 0 fully saturated rings. The average Bonchev–Trinajstić information content (AvgIpc) is 2.68. The molecule has 0 saturated heterocycles. The third-order valence-corrected chi connectivity index (χ3v) is 4.24. The van der Waals surface area contributed by atoms with Gasteiger partial charge in [-0.1, -0.05) is 23.2 Å². The number of aromatic nitrogens is 1. The summed E-state index contributed by atoms with van der Waals surface area (Å²) in [6.07, 6.45) is 1.00. The Balaban J connectivity index is 1.93. The Kier molecular flexibility index (Phi) is 6.34. The predicted molar refractivity (Wildman–Crippen MR) is 107 cm³/mol. The zero-order valence-electron chi connectivity index (χ0n) is 14.7. The van der Waals surface area contributed by atoms with Crippen LogP contribution in [0.1, 0.15) is 10.4 Å². The number of pyridine rings is 1. The molecule has 1 aromatic heterocycles. The molecule has 0 radical (unpaired) electrons. The minimum absolute atomic E-state index is 0.0435. The highest BCUT2D eigenvalue weighted by Gasteiger charge is 2.19. The zero-order valence-corrected chi connectivity index (χ0v) is 16.3. The van der Waals surface area contributed by atoms with Crippen LogP contribution in [0, 0.1) is 11.6 Å². The lowest BCUT2D eigenvalue weighted by atomic mass is 10.2. The molecule has 0 atom stereocenters. The first-order valence-electron chi connectivity index (χ1n) is 8.12. The lowest BCUT2D eigenvalue weighted by molar-refractivity contribution is 0.102. The first kappa shape index (κ1) is 21.3. The molecule has 0 bridgehead atoms. The number of ether oxygens (including phenoxy) is 1. The highest BCUT2D eigenvalue weighted by atomic mass is 35.5. The number of amides is 2. The molecule has 0 spiro atoms. The van der Waals surface area contributed by atoms with Gasteiger partial charge in [0.2, 0.25) is 0 Å². The summed E-state index contributed by atoms with van der Waals surface area (Å²) in [5.74, 6) is -3.18. The van der Waals surface area contributed by atoms with E-state index >= 15 is 0 Å². The summed E-state index contributed by atoms with van der Waals surface area (Å²) >= 11 is 12.0. The normalized spacial score (nSPS) is 10.4. The van der Waals surface area contributed by atoms with E-state index in [4.69, 9.17) is 33.0 Å². The van der Waals surface area contributed by atoms with Crippen molar-refractivity contribution in [1.29, 1.82) is 0 Å². The highest BCUT2D eigenvalue weighted by molar-refractivity contribution is 6.34. The largest absolute Gasteiger partial charge is 0.465 e. The molecule has 1 heterocycles. The van der Waals surface area contributed by atoms with Crippen LogP contribution in [0.4, 0.5) is 25.0 Å². The van der Waals surface area contributed by atoms with Gasteiger partial charge in [0, 0.05) is 35.6 Å². The summed E-state index contributed by atoms with van der Waals surface area (Å²) in [5, 5.41) is 13.6. The van der Waals surface area contributed by atoms with Crippen molar-refractivity contribution < 1.29 is 28.2 Å². The molecule has 11 heteroatoms. The van der Waals surface area contributed by atoms with Crippen LogP contribution in [-0.2, 0) is 0 Å². The lowest BCUT2D eigenvalue weighted by Gasteiger charge is -2.14. The number of carboxylic acid groups (broad SMARTS) is 1. The summed E-state index contributed by atoms with van der Waals surface area (Å²) in [5.41, 5.74) is -0.754. The van der Waals surface area contributed by atoms with Crippen molar-refractivity contribution in [2.45, 2.75) is 0 Å². The van der Waals surface area contributed by atoms with Gasteiger partial charge in [-0.15, -0.1) is 0 Å². The van der Waals surface area contributed by atoms with E-state index in [0.29, 0.717) is 17.2 Å². The summed E-state index contributed by atoms with van der Waals surface area (Å²) < 4.78 is 32.8. The number of nitrogens with one attached hydrogen (secondary N) is 2. The standard InChI is InChI=1S/C19H11Cl2F2N3O4/c20-9-1-2-11(21)17(5-9)30-16-3-4-24-8-10(16)18(27)25-14-6-12(22)13(23)7-15(14)26-19(28)29/h1-8,26H,(H,25,27)(H,28,29). The molecule has 30 heavy (non-hydrogen) atoms. The molecule has 2 amide bonds. The van der Waals surface area contributed by atoms with Gasteiger partial charge in [-0.3, -0.25) is 15.1 Å². The molecular weight excluding hydrogens is 443 g/mol. The molecule has 3 aromatic rings. The van der Waals surface area contributed by atoms with Gasteiger partial charge in [-0.25, -0.2) is 13.6 Å². The van der Waals surface area contributed by atoms with Gasteiger partial charge in [0.25, 0.3) is 5.91 Å². The van der Waals surface area contributed by atoms with E-state index in [1.165, 1.54) is 30.6 Å².